The van der Waals surface area contributed by atoms with Crippen LogP contribution in [0.25, 0.3) is 0 Å². The van der Waals surface area contributed by atoms with Crippen LogP contribution in [-0.4, -0.2) is 4.98 Å². The van der Waals surface area contributed by atoms with E-state index in [0.717, 1.165) is 0 Å². The SMILES string of the molecule is Br.O=c1cccc[nH]1. The molecule has 0 aliphatic heterocycles. The maximum atomic E-state index is 10.2. The molecule has 0 fully saturated rings. The van der Waals surface area contributed by atoms with E-state index in [-0.39, 0.29) is 22.5 Å². The van der Waals surface area contributed by atoms with E-state index >= 15 is 0 Å². The monoisotopic (exact) mass is 175 g/mol. The van der Waals surface area contributed by atoms with Gasteiger partial charge in [0.15, 0.2) is 0 Å². The summed E-state index contributed by atoms with van der Waals surface area (Å²) >= 11 is 0. The van der Waals surface area contributed by atoms with Crippen molar-refractivity contribution in [2.24, 2.45) is 0 Å². The smallest absolute Gasteiger partial charge is 0.247 e. The van der Waals surface area contributed by atoms with E-state index in [0.29, 0.717) is 0 Å². The minimum atomic E-state index is -0.0532. The van der Waals surface area contributed by atoms with Crippen molar-refractivity contribution < 1.29 is 0 Å². The lowest BCUT2D eigenvalue weighted by Gasteiger charge is -1.73. The van der Waals surface area contributed by atoms with Crippen molar-refractivity contribution in [1.29, 1.82) is 0 Å². The zero-order chi connectivity index (χ0) is 5.11. The molecule has 0 bridgehead atoms. The van der Waals surface area contributed by atoms with Crippen LogP contribution in [0, 0.1) is 0 Å². The predicted molar refractivity (Wildman–Crippen MR) is 37.4 cm³/mol. The summed E-state index contributed by atoms with van der Waals surface area (Å²) in [4.78, 5) is 12.7. The van der Waals surface area contributed by atoms with Crippen LogP contribution in [-0.2, 0) is 0 Å². The highest BCUT2D eigenvalue weighted by Gasteiger charge is 1.69. The first-order chi connectivity index (χ1) is 3.39. The Morgan fingerprint density at radius 3 is 2.38 bits per heavy atom. The minimum absolute atomic E-state index is 0. The largest absolute Gasteiger partial charge is 0.329 e. The number of pyridine rings is 1. The number of aromatic amines is 1. The zero-order valence-electron chi connectivity index (χ0n) is 4.13. The summed E-state index contributed by atoms with van der Waals surface area (Å²) in [5.74, 6) is 0. The Balaban J connectivity index is 0.000000490. The first-order valence-electron chi connectivity index (χ1n) is 2.03. The van der Waals surface area contributed by atoms with Crippen molar-refractivity contribution in [3.63, 3.8) is 0 Å². The van der Waals surface area contributed by atoms with Crippen LogP contribution in [0.2, 0.25) is 0 Å². The van der Waals surface area contributed by atoms with Gasteiger partial charge in [-0.2, -0.15) is 0 Å². The summed E-state index contributed by atoms with van der Waals surface area (Å²) in [5.41, 5.74) is -0.0532. The van der Waals surface area contributed by atoms with Gasteiger partial charge in [0.25, 0.3) is 0 Å². The Labute approximate surface area is 57.3 Å². The van der Waals surface area contributed by atoms with Crippen molar-refractivity contribution in [3.05, 3.63) is 34.7 Å². The van der Waals surface area contributed by atoms with E-state index in [9.17, 15) is 4.79 Å². The molecule has 8 heavy (non-hydrogen) atoms. The van der Waals surface area contributed by atoms with Gasteiger partial charge in [-0.3, -0.25) is 4.79 Å². The van der Waals surface area contributed by atoms with E-state index in [1.54, 1.807) is 18.3 Å². The van der Waals surface area contributed by atoms with Crippen LogP contribution >= 0.6 is 17.0 Å². The highest BCUT2D eigenvalue weighted by Crippen LogP contribution is 1.67. The van der Waals surface area contributed by atoms with Gasteiger partial charge in [0.1, 0.15) is 0 Å². The fraction of sp³-hybridized carbons (Fsp3) is 0. The quantitative estimate of drug-likeness (QED) is 0.627. The van der Waals surface area contributed by atoms with Gasteiger partial charge in [-0.1, -0.05) is 6.07 Å². The molecule has 0 aliphatic carbocycles. The average molecular weight is 176 g/mol. The standard InChI is InChI=1S/C5H5NO.BrH/c7-5-3-1-2-4-6-5;/h1-4H,(H,6,7);1H. The topological polar surface area (TPSA) is 32.9 Å². The number of halogens is 1. The molecule has 1 N–H and O–H groups in total. The Morgan fingerprint density at radius 1 is 1.38 bits per heavy atom. The van der Waals surface area contributed by atoms with Gasteiger partial charge in [-0.25, -0.2) is 0 Å². The van der Waals surface area contributed by atoms with Gasteiger partial charge >= 0.3 is 0 Å². The molecule has 0 spiro atoms. The Kier molecular flexibility index (Phi) is 3.19. The second kappa shape index (κ2) is 3.43. The van der Waals surface area contributed by atoms with E-state index in [1.165, 1.54) is 6.07 Å². The van der Waals surface area contributed by atoms with Gasteiger partial charge < -0.3 is 4.98 Å². The Hall–Kier alpha value is -0.570. The molecule has 1 aromatic rings. The zero-order valence-corrected chi connectivity index (χ0v) is 5.84. The summed E-state index contributed by atoms with van der Waals surface area (Å²) in [6.45, 7) is 0. The molecular weight excluding hydrogens is 170 g/mol. The fourth-order valence-corrected chi connectivity index (χ4v) is 0.377. The summed E-state index contributed by atoms with van der Waals surface area (Å²) in [5, 5.41) is 0. The lowest BCUT2D eigenvalue weighted by Crippen LogP contribution is -1.98. The second-order valence-electron chi connectivity index (χ2n) is 1.23. The molecule has 0 aromatic carbocycles. The maximum absolute atomic E-state index is 10.2. The molecule has 0 atom stereocenters. The number of hydrogen-bond donors (Lipinski definition) is 1. The summed E-state index contributed by atoms with van der Waals surface area (Å²) in [6, 6.07) is 4.93. The van der Waals surface area contributed by atoms with Crippen molar-refractivity contribution in [3.8, 4) is 0 Å². The van der Waals surface area contributed by atoms with Crippen LogP contribution in [0.1, 0.15) is 0 Å². The third-order valence-corrected chi connectivity index (χ3v) is 0.681. The molecule has 0 saturated heterocycles. The summed E-state index contributed by atoms with van der Waals surface area (Å²) < 4.78 is 0. The van der Waals surface area contributed by atoms with Gasteiger partial charge in [-0.05, 0) is 6.07 Å². The van der Waals surface area contributed by atoms with Gasteiger partial charge in [0.2, 0.25) is 5.56 Å². The minimum Gasteiger partial charge on any atom is -0.329 e. The third-order valence-electron chi connectivity index (χ3n) is 0.681. The van der Waals surface area contributed by atoms with Crippen molar-refractivity contribution in [2.75, 3.05) is 0 Å². The predicted octanol–water partition coefficient (Wildman–Crippen LogP) is 0.953. The van der Waals surface area contributed by atoms with Crippen molar-refractivity contribution in [1.82, 2.24) is 4.98 Å². The lowest BCUT2D eigenvalue weighted by molar-refractivity contribution is 1.24. The van der Waals surface area contributed by atoms with Crippen molar-refractivity contribution >= 4 is 17.0 Å². The molecule has 1 heterocycles. The number of H-pyrrole nitrogens is 1. The molecule has 0 radical (unpaired) electrons. The van der Waals surface area contributed by atoms with Crippen LogP contribution in [0.4, 0.5) is 0 Å². The van der Waals surface area contributed by atoms with Gasteiger partial charge in [-0.15, -0.1) is 17.0 Å². The number of hydrogen-bond acceptors (Lipinski definition) is 1. The number of nitrogens with one attached hydrogen (secondary N) is 1. The van der Waals surface area contributed by atoms with Crippen molar-refractivity contribution in [2.45, 2.75) is 0 Å². The fourth-order valence-electron chi connectivity index (χ4n) is 0.377. The second-order valence-corrected chi connectivity index (χ2v) is 1.23. The number of rotatable bonds is 0. The van der Waals surface area contributed by atoms with E-state index in [1.807, 2.05) is 0 Å². The highest BCUT2D eigenvalue weighted by molar-refractivity contribution is 8.93. The number of aromatic nitrogens is 1. The van der Waals surface area contributed by atoms with Crippen LogP contribution in [0.15, 0.2) is 29.2 Å². The molecule has 0 saturated carbocycles. The Bertz CT molecular complexity index is 178. The van der Waals surface area contributed by atoms with Gasteiger partial charge in [0, 0.05) is 12.3 Å². The molecule has 3 heteroatoms. The lowest BCUT2D eigenvalue weighted by atomic mass is 10.5. The normalized spacial score (nSPS) is 7.50. The molecule has 0 amide bonds. The third kappa shape index (κ3) is 1.93. The summed E-state index contributed by atoms with van der Waals surface area (Å²) in [6.07, 6.45) is 1.60. The molecular formula is C5H6BrNO. The summed E-state index contributed by atoms with van der Waals surface area (Å²) in [7, 11) is 0. The molecule has 1 aromatic heterocycles. The van der Waals surface area contributed by atoms with Crippen LogP contribution in [0.3, 0.4) is 0 Å². The average Bonchev–Trinajstić information content (AvgIpc) is 1.69. The van der Waals surface area contributed by atoms with E-state index in [4.69, 9.17) is 0 Å². The molecule has 0 aliphatic rings. The first-order valence-corrected chi connectivity index (χ1v) is 2.03. The molecule has 44 valence electrons. The van der Waals surface area contributed by atoms with Crippen LogP contribution in [0.5, 0.6) is 0 Å². The first kappa shape index (κ1) is 7.43. The van der Waals surface area contributed by atoms with E-state index < -0.39 is 0 Å². The molecule has 1 rings (SSSR count). The maximum Gasteiger partial charge on any atom is 0.247 e. The van der Waals surface area contributed by atoms with E-state index in [2.05, 4.69) is 4.98 Å². The molecule has 2 nitrogen and oxygen atoms in total. The van der Waals surface area contributed by atoms with Gasteiger partial charge in [0.05, 0.1) is 0 Å². The Morgan fingerprint density at radius 2 is 2.12 bits per heavy atom. The highest BCUT2D eigenvalue weighted by atomic mass is 79.9. The van der Waals surface area contributed by atoms with Crippen LogP contribution < -0.4 is 5.56 Å². The molecule has 0 unspecified atom stereocenters.